The van der Waals surface area contributed by atoms with Crippen molar-refractivity contribution in [3.05, 3.63) is 82.7 Å². The summed E-state index contributed by atoms with van der Waals surface area (Å²) in [5, 5.41) is 9.58. The summed E-state index contributed by atoms with van der Waals surface area (Å²) >= 11 is 0. The molecule has 1 amide bonds. The Balaban J connectivity index is 1.08. The number of hydrogen-bond donors (Lipinski definition) is 1. The molecular weight excluding hydrogens is 560 g/mol. The van der Waals surface area contributed by atoms with E-state index in [1.807, 2.05) is 17.0 Å². The van der Waals surface area contributed by atoms with Gasteiger partial charge in [0.1, 0.15) is 29.5 Å². The Labute approximate surface area is 256 Å². The summed E-state index contributed by atoms with van der Waals surface area (Å²) in [5.41, 5.74) is 6.21. The number of amides is 1. The van der Waals surface area contributed by atoms with Crippen molar-refractivity contribution in [2.24, 2.45) is 0 Å². The van der Waals surface area contributed by atoms with E-state index < -0.39 is 11.6 Å². The van der Waals surface area contributed by atoms with Gasteiger partial charge in [-0.05, 0) is 99.6 Å². The largest absolute Gasteiger partial charge is 0.496 e. The lowest BCUT2D eigenvalue weighted by Crippen LogP contribution is -2.39. The number of fused-ring (bicyclic) bond motifs is 2. The van der Waals surface area contributed by atoms with E-state index in [0.29, 0.717) is 40.4 Å². The first-order chi connectivity index (χ1) is 21.4. The molecule has 4 heterocycles. The predicted octanol–water partition coefficient (Wildman–Crippen LogP) is 6.69. The summed E-state index contributed by atoms with van der Waals surface area (Å²) in [6.45, 7) is 5.69. The maximum Gasteiger partial charge on any atom is 0.237 e. The molecule has 1 atom stereocenters. The number of piperidine rings is 1. The molecule has 7 nitrogen and oxygen atoms in total. The number of carbonyl (C=O) groups is 1. The molecule has 44 heavy (non-hydrogen) atoms. The highest BCUT2D eigenvalue weighted by Gasteiger charge is 2.29. The van der Waals surface area contributed by atoms with Gasteiger partial charge in [0.25, 0.3) is 0 Å². The Morgan fingerprint density at radius 2 is 1.98 bits per heavy atom. The average Bonchev–Trinajstić information content (AvgIpc) is 3.46. The molecule has 2 aliphatic rings. The van der Waals surface area contributed by atoms with Crippen molar-refractivity contribution in [1.29, 1.82) is 5.26 Å². The summed E-state index contributed by atoms with van der Waals surface area (Å²) in [7, 11) is 1.49. The topological polar surface area (TPSA) is 85.2 Å². The highest BCUT2D eigenvalue weighted by Crippen LogP contribution is 2.39. The van der Waals surface area contributed by atoms with Crippen LogP contribution in [0.25, 0.3) is 22.2 Å². The zero-order chi connectivity index (χ0) is 30.8. The Bertz CT molecular complexity index is 1720. The number of nitrogens with zero attached hydrogens (tertiary/aromatic N) is 4. The maximum absolute atomic E-state index is 15.1. The van der Waals surface area contributed by atoms with Crippen LogP contribution in [-0.2, 0) is 17.6 Å². The van der Waals surface area contributed by atoms with Crippen molar-refractivity contribution in [3.63, 3.8) is 0 Å². The first-order valence-electron chi connectivity index (χ1n) is 15.4. The maximum atomic E-state index is 15.1. The lowest BCUT2D eigenvalue weighted by molar-refractivity contribution is -0.132. The molecule has 2 aromatic heterocycles. The van der Waals surface area contributed by atoms with E-state index in [2.05, 4.69) is 40.0 Å². The van der Waals surface area contributed by atoms with Crippen molar-refractivity contribution in [2.75, 3.05) is 33.3 Å². The molecule has 2 aliphatic heterocycles. The quantitative estimate of drug-likeness (QED) is 0.245. The molecule has 1 fully saturated rings. The van der Waals surface area contributed by atoms with Gasteiger partial charge in [0.2, 0.25) is 5.91 Å². The summed E-state index contributed by atoms with van der Waals surface area (Å²) in [4.78, 5) is 24.4. The average molecular weight is 598 g/mol. The zero-order valence-electron chi connectivity index (χ0n) is 25.2. The molecule has 2 aromatic carbocycles. The molecule has 1 unspecified atom stereocenters. The van der Waals surface area contributed by atoms with Gasteiger partial charge in [0.05, 0.1) is 25.4 Å². The fourth-order valence-corrected chi connectivity index (χ4v) is 7.09. The second-order valence-corrected chi connectivity index (χ2v) is 11.9. The number of carbonyl (C=O) groups excluding carboxylic acids is 1. The molecule has 228 valence electrons. The number of methoxy groups -OCH3 is 1. The SMILES string of the molecule is COc1ccc(F)cc1-c1c(F)cnc2[nH]c(C3CCN(CCCc4cccc5c4CCN(C(=O)CC#N)C5C)CC3)cc12. The van der Waals surface area contributed by atoms with E-state index in [-0.39, 0.29) is 18.4 Å². The highest BCUT2D eigenvalue weighted by atomic mass is 19.1. The van der Waals surface area contributed by atoms with Crippen LogP contribution < -0.4 is 4.74 Å². The fourth-order valence-electron chi connectivity index (χ4n) is 7.09. The fraction of sp³-hybridized carbons (Fsp3) is 0.400. The molecule has 0 aliphatic carbocycles. The number of hydrogen-bond acceptors (Lipinski definition) is 5. The molecule has 0 bridgehead atoms. The zero-order valence-corrected chi connectivity index (χ0v) is 25.2. The third kappa shape index (κ3) is 5.79. The third-order valence-corrected chi connectivity index (χ3v) is 9.39. The Hall–Kier alpha value is -4.29. The van der Waals surface area contributed by atoms with Gasteiger partial charge in [-0.1, -0.05) is 18.2 Å². The van der Waals surface area contributed by atoms with Crippen LogP contribution in [0, 0.1) is 23.0 Å². The molecule has 0 saturated carbocycles. The summed E-state index contributed by atoms with van der Waals surface area (Å²) in [6.07, 6.45) is 5.96. The number of ether oxygens (including phenoxy) is 1. The van der Waals surface area contributed by atoms with Crippen LogP contribution in [0.5, 0.6) is 5.75 Å². The van der Waals surface area contributed by atoms with Crippen LogP contribution >= 0.6 is 0 Å². The molecule has 1 saturated heterocycles. The monoisotopic (exact) mass is 597 g/mol. The minimum absolute atomic E-state index is 0.0121. The summed E-state index contributed by atoms with van der Waals surface area (Å²) in [6, 6.07) is 14.5. The van der Waals surface area contributed by atoms with Crippen LogP contribution in [0.15, 0.2) is 48.7 Å². The molecule has 6 rings (SSSR count). The second kappa shape index (κ2) is 12.7. The van der Waals surface area contributed by atoms with Crippen LogP contribution in [-0.4, -0.2) is 59.0 Å². The number of aryl methyl sites for hydroxylation is 1. The van der Waals surface area contributed by atoms with Crippen LogP contribution in [0.1, 0.15) is 67.0 Å². The molecule has 1 N–H and O–H groups in total. The first-order valence-corrected chi connectivity index (χ1v) is 15.4. The minimum Gasteiger partial charge on any atom is -0.496 e. The third-order valence-electron chi connectivity index (χ3n) is 9.39. The number of pyridine rings is 1. The molecule has 9 heteroatoms. The Morgan fingerprint density at radius 1 is 1.16 bits per heavy atom. The second-order valence-electron chi connectivity index (χ2n) is 11.9. The van der Waals surface area contributed by atoms with Gasteiger partial charge in [0.15, 0.2) is 0 Å². The van der Waals surface area contributed by atoms with Crippen LogP contribution in [0.2, 0.25) is 0 Å². The van der Waals surface area contributed by atoms with E-state index in [9.17, 15) is 9.18 Å². The predicted molar refractivity (Wildman–Crippen MR) is 165 cm³/mol. The number of aromatic amines is 1. The van der Waals surface area contributed by atoms with Gasteiger partial charge in [-0.3, -0.25) is 4.79 Å². The van der Waals surface area contributed by atoms with Gasteiger partial charge in [0, 0.05) is 34.7 Å². The van der Waals surface area contributed by atoms with Crippen molar-refractivity contribution in [3.8, 4) is 22.9 Å². The van der Waals surface area contributed by atoms with Crippen LogP contribution in [0.3, 0.4) is 0 Å². The first kappa shape index (κ1) is 29.8. The molecular formula is C35H37F2N5O2. The van der Waals surface area contributed by atoms with Gasteiger partial charge in [-0.15, -0.1) is 0 Å². The van der Waals surface area contributed by atoms with Gasteiger partial charge >= 0.3 is 0 Å². The smallest absolute Gasteiger partial charge is 0.237 e. The Morgan fingerprint density at radius 3 is 2.75 bits per heavy atom. The number of nitrogens with one attached hydrogen (secondary N) is 1. The van der Waals surface area contributed by atoms with E-state index in [0.717, 1.165) is 57.4 Å². The van der Waals surface area contributed by atoms with Gasteiger partial charge < -0.3 is 19.5 Å². The highest BCUT2D eigenvalue weighted by molar-refractivity contribution is 5.95. The van der Waals surface area contributed by atoms with Crippen molar-refractivity contribution < 1.29 is 18.3 Å². The molecule has 0 radical (unpaired) electrons. The van der Waals surface area contributed by atoms with E-state index >= 15 is 4.39 Å². The molecule has 0 spiro atoms. The van der Waals surface area contributed by atoms with Gasteiger partial charge in [-0.2, -0.15) is 5.26 Å². The van der Waals surface area contributed by atoms with E-state index in [1.54, 1.807) is 0 Å². The summed E-state index contributed by atoms with van der Waals surface area (Å²) < 4.78 is 34.7. The standard InChI is InChI=1S/C35H37F2N5O2/c1-22-26-7-3-5-23(27(26)13-18-42(22)33(43)10-14-38)6-4-15-41-16-11-24(12-17-41)31-20-29-34(30(37)21-39-35(29)40-31)28-19-25(36)8-9-32(28)44-2/h3,5,7-9,19-22,24H,4,6,10-13,15-18H2,1-2H3,(H,39,40). The van der Waals surface area contributed by atoms with Crippen molar-refractivity contribution in [2.45, 2.75) is 57.4 Å². The lowest BCUT2D eigenvalue weighted by Gasteiger charge is -2.36. The number of nitriles is 1. The Kier molecular flexibility index (Phi) is 8.62. The van der Waals surface area contributed by atoms with E-state index in [1.165, 1.54) is 48.2 Å². The number of likely N-dealkylation sites (tertiary alicyclic amines) is 1. The normalized spacial score (nSPS) is 17.4. The number of halogens is 2. The van der Waals surface area contributed by atoms with E-state index in [4.69, 9.17) is 10.00 Å². The number of aromatic nitrogens is 2. The molecule has 4 aromatic rings. The number of rotatable bonds is 8. The number of benzene rings is 2. The van der Waals surface area contributed by atoms with Crippen molar-refractivity contribution >= 4 is 16.9 Å². The minimum atomic E-state index is -0.513. The van der Waals surface area contributed by atoms with Crippen molar-refractivity contribution in [1.82, 2.24) is 19.8 Å². The summed E-state index contributed by atoms with van der Waals surface area (Å²) in [5.74, 6) is -0.347. The number of H-pyrrole nitrogens is 1. The van der Waals surface area contributed by atoms with Crippen LogP contribution in [0.4, 0.5) is 8.78 Å². The van der Waals surface area contributed by atoms with Gasteiger partial charge in [-0.25, -0.2) is 13.8 Å². The lowest BCUT2D eigenvalue weighted by atomic mass is 9.88.